The van der Waals surface area contributed by atoms with Crippen LogP contribution in [0.5, 0.6) is 17.2 Å². The number of para-hydroxylation sites is 4. The van der Waals surface area contributed by atoms with Gasteiger partial charge >= 0.3 is 0 Å². The standard InChI is InChI=1S/C21H16ClNO3/c22-15-8-2-5-11-18(15)26-19-12-6-3-9-16(19)23-21(24)20-13-14-7-1-4-10-17(14)25-20/h1-12,20H,13H2,(H,23,24)/t20-/m1/s1. The van der Waals surface area contributed by atoms with Crippen LogP contribution in [0.15, 0.2) is 72.8 Å². The Bertz CT molecular complexity index is 932. The van der Waals surface area contributed by atoms with Gasteiger partial charge in [-0.25, -0.2) is 0 Å². The maximum absolute atomic E-state index is 12.6. The molecule has 1 aliphatic heterocycles. The minimum absolute atomic E-state index is 0.212. The zero-order valence-electron chi connectivity index (χ0n) is 13.8. The molecule has 0 aliphatic carbocycles. The monoisotopic (exact) mass is 365 g/mol. The van der Waals surface area contributed by atoms with Crippen molar-refractivity contribution in [3.8, 4) is 17.2 Å². The summed E-state index contributed by atoms with van der Waals surface area (Å²) in [4.78, 5) is 12.6. The zero-order valence-corrected chi connectivity index (χ0v) is 14.6. The predicted molar refractivity (Wildman–Crippen MR) is 101 cm³/mol. The molecule has 4 rings (SSSR count). The van der Waals surface area contributed by atoms with Gasteiger partial charge in [-0.1, -0.05) is 54.1 Å². The molecule has 4 nitrogen and oxygen atoms in total. The topological polar surface area (TPSA) is 47.6 Å². The van der Waals surface area contributed by atoms with E-state index in [1.54, 1.807) is 24.3 Å². The fraction of sp³-hybridized carbons (Fsp3) is 0.0952. The molecule has 0 bridgehead atoms. The summed E-state index contributed by atoms with van der Waals surface area (Å²) in [6.45, 7) is 0. The van der Waals surface area contributed by atoms with Crippen molar-refractivity contribution in [2.75, 3.05) is 5.32 Å². The lowest BCUT2D eigenvalue weighted by Gasteiger charge is -2.15. The summed E-state index contributed by atoms with van der Waals surface area (Å²) < 4.78 is 11.6. The molecule has 130 valence electrons. The Morgan fingerprint density at radius 2 is 1.65 bits per heavy atom. The van der Waals surface area contributed by atoms with Gasteiger partial charge < -0.3 is 14.8 Å². The fourth-order valence-electron chi connectivity index (χ4n) is 2.85. The Morgan fingerprint density at radius 1 is 0.962 bits per heavy atom. The molecule has 0 spiro atoms. The summed E-state index contributed by atoms with van der Waals surface area (Å²) in [7, 11) is 0. The van der Waals surface area contributed by atoms with Crippen molar-refractivity contribution < 1.29 is 14.3 Å². The smallest absolute Gasteiger partial charge is 0.265 e. The summed E-state index contributed by atoms with van der Waals surface area (Å²) >= 11 is 6.16. The number of carbonyl (C=O) groups excluding carboxylic acids is 1. The van der Waals surface area contributed by atoms with Crippen molar-refractivity contribution in [3.05, 3.63) is 83.4 Å². The SMILES string of the molecule is O=C(Nc1ccccc1Oc1ccccc1Cl)[C@H]1Cc2ccccc2O1. The number of carbonyl (C=O) groups is 1. The number of nitrogens with one attached hydrogen (secondary N) is 1. The van der Waals surface area contributed by atoms with Crippen LogP contribution < -0.4 is 14.8 Å². The zero-order chi connectivity index (χ0) is 17.9. The summed E-state index contributed by atoms with van der Waals surface area (Å²) in [5.74, 6) is 1.59. The number of rotatable bonds is 4. The Labute approximate surface area is 156 Å². The first-order chi connectivity index (χ1) is 12.7. The van der Waals surface area contributed by atoms with Gasteiger partial charge in [0.1, 0.15) is 11.5 Å². The maximum atomic E-state index is 12.6. The molecule has 3 aromatic rings. The van der Waals surface area contributed by atoms with E-state index in [0.717, 1.165) is 11.3 Å². The highest BCUT2D eigenvalue weighted by Crippen LogP contribution is 2.34. The fourth-order valence-corrected chi connectivity index (χ4v) is 3.02. The Morgan fingerprint density at radius 3 is 2.46 bits per heavy atom. The van der Waals surface area contributed by atoms with E-state index >= 15 is 0 Å². The summed E-state index contributed by atoms with van der Waals surface area (Å²) in [5.41, 5.74) is 1.60. The van der Waals surface area contributed by atoms with Crippen LogP contribution in [0.3, 0.4) is 0 Å². The lowest BCUT2D eigenvalue weighted by atomic mass is 10.1. The van der Waals surface area contributed by atoms with Gasteiger partial charge in [-0.05, 0) is 35.9 Å². The predicted octanol–water partition coefficient (Wildman–Crippen LogP) is 5.07. The van der Waals surface area contributed by atoms with Crippen molar-refractivity contribution in [2.45, 2.75) is 12.5 Å². The molecule has 0 radical (unpaired) electrons. The largest absolute Gasteiger partial charge is 0.480 e. The van der Waals surface area contributed by atoms with E-state index in [4.69, 9.17) is 21.1 Å². The molecule has 0 saturated heterocycles. The molecule has 3 aromatic carbocycles. The first kappa shape index (κ1) is 16.5. The van der Waals surface area contributed by atoms with E-state index in [2.05, 4.69) is 5.32 Å². The molecule has 0 fully saturated rings. The van der Waals surface area contributed by atoms with Gasteiger partial charge in [0.2, 0.25) is 0 Å². The number of anilines is 1. The van der Waals surface area contributed by atoms with Crippen molar-refractivity contribution in [1.29, 1.82) is 0 Å². The van der Waals surface area contributed by atoms with E-state index < -0.39 is 6.10 Å². The average Bonchev–Trinajstić information content (AvgIpc) is 3.09. The van der Waals surface area contributed by atoms with Crippen molar-refractivity contribution >= 4 is 23.2 Å². The number of benzene rings is 3. The van der Waals surface area contributed by atoms with Crippen molar-refractivity contribution in [2.24, 2.45) is 0 Å². The average molecular weight is 366 g/mol. The summed E-state index contributed by atoms with van der Waals surface area (Å²) in [5, 5.41) is 3.40. The van der Waals surface area contributed by atoms with E-state index in [1.165, 1.54) is 0 Å². The quantitative estimate of drug-likeness (QED) is 0.701. The van der Waals surface area contributed by atoms with E-state index in [0.29, 0.717) is 28.6 Å². The van der Waals surface area contributed by atoms with Crippen LogP contribution in [0, 0.1) is 0 Å². The van der Waals surface area contributed by atoms with Crippen LogP contribution in [0.2, 0.25) is 5.02 Å². The van der Waals surface area contributed by atoms with Crippen molar-refractivity contribution in [3.63, 3.8) is 0 Å². The first-order valence-corrected chi connectivity index (χ1v) is 8.65. The second kappa shape index (κ2) is 7.10. The van der Waals surface area contributed by atoms with Gasteiger partial charge in [0.05, 0.1) is 10.7 Å². The second-order valence-corrected chi connectivity index (χ2v) is 6.34. The minimum atomic E-state index is -0.555. The van der Waals surface area contributed by atoms with E-state index in [-0.39, 0.29) is 5.91 Å². The normalized spacial score (nSPS) is 15.0. The molecule has 5 heteroatoms. The molecule has 1 N–H and O–H groups in total. The Kier molecular flexibility index (Phi) is 4.50. The number of ether oxygens (including phenoxy) is 2. The van der Waals surface area contributed by atoms with E-state index in [1.807, 2.05) is 48.5 Å². The number of hydrogen-bond donors (Lipinski definition) is 1. The lowest BCUT2D eigenvalue weighted by molar-refractivity contribution is -0.122. The Balaban J connectivity index is 1.51. The number of amides is 1. The highest BCUT2D eigenvalue weighted by Gasteiger charge is 2.29. The van der Waals surface area contributed by atoms with Crippen LogP contribution in [-0.2, 0) is 11.2 Å². The van der Waals surface area contributed by atoms with Gasteiger partial charge in [0.15, 0.2) is 11.9 Å². The van der Waals surface area contributed by atoms with Crippen LogP contribution >= 0.6 is 11.6 Å². The highest BCUT2D eigenvalue weighted by atomic mass is 35.5. The Hall–Kier alpha value is -2.98. The van der Waals surface area contributed by atoms with Gasteiger partial charge in [0.25, 0.3) is 5.91 Å². The van der Waals surface area contributed by atoms with Gasteiger partial charge in [-0.3, -0.25) is 4.79 Å². The third kappa shape index (κ3) is 3.37. The van der Waals surface area contributed by atoms with Crippen LogP contribution in [0.4, 0.5) is 5.69 Å². The lowest BCUT2D eigenvalue weighted by Crippen LogP contribution is -2.31. The molecule has 1 heterocycles. The summed E-state index contributed by atoms with van der Waals surface area (Å²) in [6, 6.07) is 22.1. The summed E-state index contributed by atoms with van der Waals surface area (Å²) in [6.07, 6.45) is -0.00371. The van der Waals surface area contributed by atoms with E-state index in [9.17, 15) is 4.79 Å². The van der Waals surface area contributed by atoms with Crippen LogP contribution in [-0.4, -0.2) is 12.0 Å². The molecular formula is C21H16ClNO3. The third-order valence-electron chi connectivity index (χ3n) is 4.14. The van der Waals surface area contributed by atoms with Crippen LogP contribution in [0.1, 0.15) is 5.56 Å². The van der Waals surface area contributed by atoms with Gasteiger partial charge in [0, 0.05) is 6.42 Å². The number of halogens is 1. The molecule has 1 aliphatic rings. The molecule has 1 atom stereocenters. The van der Waals surface area contributed by atoms with Crippen LogP contribution in [0.25, 0.3) is 0 Å². The molecule has 26 heavy (non-hydrogen) atoms. The second-order valence-electron chi connectivity index (χ2n) is 5.94. The third-order valence-corrected chi connectivity index (χ3v) is 4.45. The van der Waals surface area contributed by atoms with Gasteiger partial charge in [-0.2, -0.15) is 0 Å². The molecule has 0 saturated carbocycles. The number of hydrogen-bond acceptors (Lipinski definition) is 3. The molecule has 0 aromatic heterocycles. The van der Waals surface area contributed by atoms with Gasteiger partial charge in [-0.15, -0.1) is 0 Å². The number of fused-ring (bicyclic) bond motifs is 1. The maximum Gasteiger partial charge on any atom is 0.265 e. The molecule has 1 amide bonds. The molecular weight excluding hydrogens is 350 g/mol. The molecule has 0 unspecified atom stereocenters. The first-order valence-electron chi connectivity index (χ1n) is 8.27. The highest BCUT2D eigenvalue weighted by molar-refractivity contribution is 6.32. The minimum Gasteiger partial charge on any atom is -0.480 e. The van der Waals surface area contributed by atoms with Crippen molar-refractivity contribution in [1.82, 2.24) is 0 Å².